The lowest BCUT2D eigenvalue weighted by Crippen LogP contribution is -1.97. The molecule has 3 aromatic rings. The lowest BCUT2D eigenvalue weighted by Gasteiger charge is -2.06. The summed E-state index contributed by atoms with van der Waals surface area (Å²) in [5.74, 6) is 0.719. The van der Waals surface area contributed by atoms with Gasteiger partial charge in [0.2, 0.25) is 0 Å². The van der Waals surface area contributed by atoms with Crippen molar-refractivity contribution in [2.75, 3.05) is 0 Å². The fourth-order valence-electron chi connectivity index (χ4n) is 1.92. The number of rotatable bonds is 4. The van der Waals surface area contributed by atoms with E-state index in [2.05, 4.69) is 5.10 Å². The Labute approximate surface area is 127 Å². The topological polar surface area (TPSA) is 47.3 Å². The minimum atomic E-state index is 0.197. The maximum atomic E-state index is 9.30. The first-order valence-corrected chi connectivity index (χ1v) is 6.81. The number of nitrogens with zero attached hydrogens (tertiary/aromatic N) is 2. The van der Waals surface area contributed by atoms with Crippen LogP contribution in [0.25, 0.3) is 5.69 Å². The van der Waals surface area contributed by atoms with Gasteiger partial charge in [0.1, 0.15) is 12.4 Å². The van der Waals surface area contributed by atoms with Crippen molar-refractivity contribution in [2.45, 2.75) is 6.61 Å². The Bertz CT molecular complexity index is 724. The average molecular weight is 301 g/mol. The summed E-state index contributed by atoms with van der Waals surface area (Å²) in [6, 6.07) is 16.5. The summed E-state index contributed by atoms with van der Waals surface area (Å²) in [7, 11) is 0. The molecular weight excluding hydrogens is 288 g/mol. The van der Waals surface area contributed by atoms with E-state index in [1.54, 1.807) is 35.1 Å². The maximum absolute atomic E-state index is 9.30. The normalized spacial score (nSPS) is 10.5. The van der Waals surface area contributed by atoms with Gasteiger partial charge in [0.15, 0.2) is 10.9 Å². The van der Waals surface area contributed by atoms with Crippen molar-refractivity contribution < 1.29 is 9.84 Å². The molecule has 3 rings (SSSR count). The molecule has 0 bridgehead atoms. The zero-order valence-corrected chi connectivity index (χ0v) is 11.9. The van der Waals surface area contributed by atoms with Crippen molar-refractivity contribution in [3.8, 4) is 17.2 Å². The molecule has 1 heterocycles. The lowest BCUT2D eigenvalue weighted by atomic mass is 10.2. The first-order valence-electron chi connectivity index (χ1n) is 6.44. The van der Waals surface area contributed by atoms with E-state index in [1.165, 1.54) is 0 Å². The Morgan fingerprint density at radius 3 is 2.48 bits per heavy atom. The number of phenols is 1. The molecule has 0 fully saturated rings. The minimum absolute atomic E-state index is 0.197. The summed E-state index contributed by atoms with van der Waals surface area (Å²) < 4.78 is 7.24. The van der Waals surface area contributed by atoms with E-state index >= 15 is 0 Å². The van der Waals surface area contributed by atoms with E-state index in [9.17, 15) is 5.11 Å². The average Bonchev–Trinajstić information content (AvgIpc) is 2.88. The van der Waals surface area contributed by atoms with Crippen LogP contribution in [0, 0.1) is 0 Å². The van der Waals surface area contributed by atoms with Gasteiger partial charge in [0, 0.05) is 0 Å². The first kappa shape index (κ1) is 13.5. The second-order valence-electron chi connectivity index (χ2n) is 4.50. The molecule has 1 N–H and O–H groups in total. The zero-order valence-electron chi connectivity index (χ0n) is 11.1. The molecule has 21 heavy (non-hydrogen) atoms. The zero-order chi connectivity index (χ0) is 14.7. The number of hydrogen-bond donors (Lipinski definition) is 1. The van der Waals surface area contributed by atoms with Gasteiger partial charge in [-0.25, -0.2) is 4.68 Å². The molecule has 0 amide bonds. The van der Waals surface area contributed by atoms with Gasteiger partial charge in [-0.2, -0.15) is 5.10 Å². The predicted octanol–water partition coefficient (Wildman–Crippen LogP) is 3.81. The molecule has 0 aliphatic rings. The first-order chi connectivity index (χ1) is 10.2. The molecular formula is C16H13ClN2O2. The van der Waals surface area contributed by atoms with Crippen molar-refractivity contribution in [1.29, 1.82) is 0 Å². The Hall–Kier alpha value is -2.46. The molecule has 5 heteroatoms. The number of ether oxygens (including phenoxy) is 1. The van der Waals surface area contributed by atoms with E-state index in [1.807, 2.05) is 30.3 Å². The summed E-state index contributed by atoms with van der Waals surface area (Å²) in [5.41, 5.74) is 1.82. The van der Waals surface area contributed by atoms with Crippen LogP contribution in [0.4, 0.5) is 0 Å². The van der Waals surface area contributed by atoms with E-state index in [0.717, 1.165) is 11.3 Å². The van der Waals surface area contributed by atoms with Gasteiger partial charge in [0.05, 0.1) is 11.9 Å². The molecule has 0 radical (unpaired) electrons. The van der Waals surface area contributed by atoms with Crippen LogP contribution in [-0.2, 0) is 6.61 Å². The summed E-state index contributed by atoms with van der Waals surface area (Å²) in [4.78, 5) is 0. The SMILES string of the molecule is Oc1ccc(-n2ncc(OCc3ccccc3)c2Cl)cc1. The highest BCUT2D eigenvalue weighted by Crippen LogP contribution is 2.28. The molecule has 0 spiro atoms. The van der Waals surface area contributed by atoms with Gasteiger partial charge in [-0.05, 0) is 29.8 Å². The smallest absolute Gasteiger partial charge is 0.177 e. The standard InChI is InChI=1S/C16H13ClN2O2/c17-16-15(21-11-12-4-2-1-3-5-12)10-18-19(16)13-6-8-14(20)9-7-13/h1-10,20H,11H2. The number of aromatic hydroxyl groups is 1. The number of benzene rings is 2. The minimum Gasteiger partial charge on any atom is -0.508 e. The van der Waals surface area contributed by atoms with Crippen LogP contribution in [0.1, 0.15) is 5.56 Å². The molecule has 0 saturated carbocycles. The number of halogens is 1. The summed E-state index contributed by atoms with van der Waals surface area (Å²) >= 11 is 6.28. The third-order valence-electron chi connectivity index (χ3n) is 3.01. The third-order valence-corrected chi connectivity index (χ3v) is 3.36. The third kappa shape index (κ3) is 3.01. The number of hydrogen-bond acceptors (Lipinski definition) is 3. The lowest BCUT2D eigenvalue weighted by molar-refractivity contribution is 0.306. The summed E-state index contributed by atoms with van der Waals surface area (Å²) in [5, 5.41) is 13.9. The van der Waals surface area contributed by atoms with E-state index < -0.39 is 0 Å². The Morgan fingerprint density at radius 2 is 1.76 bits per heavy atom. The van der Waals surface area contributed by atoms with Crippen LogP contribution >= 0.6 is 11.6 Å². The van der Waals surface area contributed by atoms with E-state index in [4.69, 9.17) is 16.3 Å². The Kier molecular flexibility index (Phi) is 3.79. The van der Waals surface area contributed by atoms with E-state index in [0.29, 0.717) is 17.5 Å². The van der Waals surface area contributed by atoms with Crippen molar-refractivity contribution in [1.82, 2.24) is 9.78 Å². The fourth-order valence-corrected chi connectivity index (χ4v) is 2.17. The van der Waals surface area contributed by atoms with E-state index in [-0.39, 0.29) is 5.75 Å². The van der Waals surface area contributed by atoms with Gasteiger partial charge < -0.3 is 9.84 Å². The molecule has 106 valence electrons. The highest BCUT2D eigenvalue weighted by molar-refractivity contribution is 6.31. The molecule has 0 aliphatic carbocycles. The Morgan fingerprint density at radius 1 is 1.05 bits per heavy atom. The van der Waals surface area contributed by atoms with Crippen molar-refractivity contribution in [3.05, 3.63) is 71.5 Å². The van der Waals surface area contributed by atoms with Gasteiger partial charge >= 0.3 is 0 Å². The highest BCUT2D eigenvalue weighted by Gasteiger charge is 2.11. The molecule has 0 aliphatic heterocycles. The van der Waals surface area contributed by atoms with Crippen LogP contribution < -0.4 is 4.74 Å². The van der Waals surface area contributed by atoms with Crippen molar-refractivity contribution in [3.63, 3.8) is 0 Å². The van der Waals surface area contributed by atoms with Gasteiger partial charge in [-0.15, -0.1) is 0 Å². The molecule has 1 aromatic heterocycles. The van der Waals surface area contributed by atoms with Crippen molar-refractivity contribution >= 4 is 11.6 Å². The molecule has 0 atom stereocenters. The maximum Gasteiger partial charge on any atom is 0.177 e. The quantitative estimate of drug-likeness (QED) is 0.797. The second kappa shape index (κ2) is 5.89. The summed E-state index contributed by atoms with van der Waals surface area (Å²) in [6.07, 6.45) is 1.58. The van der Waals surface area contributed by atoms with Gasteiger partial charge in [0.25, 0.3) is 0 Å². The van der Waals surface area contributed by atoms with Crippen LogP contribution in [-0.4, -0.2) is 14.9 Å². The van der Waals surface area contributed by atoms with Crippen LogP contribution in [0.5, 0.6) is 11.5 Å². The molecule has 0 saturated heterocycles. The van der Waals surface area contributed by atoms with Crippen molar-refractivity contribution in [2.24, 2.45) is 0 Å². The number of phenolic OH excluding ortho intramolecular Hbond substituents is 1. The van der Waals surface area contributed by atoms with Crippen LogP contribution in [0.15, 0.2) is 60.8 Å². The Balaban J connectivity index is 1.78. The van der Waals surface area contributed by atoms with Crippen LogP contribution in [0.3, 0.4) is 0 Å². The monoisotopic (exact) mass is 300 g/mol. The van der Waals surface area contributed by atoms with Gasteiger partial charge in [-0.1, -0.05) is 41.9 Å². The number of aromatic nitrogens is 2. The highest BCUT2D eigenvalue weighted by atomic mass is 35.5. The second-order valence-corrected chi connectivity index (χ2v) is 4.86. The largest absolute Gasteiger partial charge is 0.508 e. The molecule has 4 nitrogen and oxygen atoms in total. The predicted molar refractivity (Wildman–Crippen MR) is 81.0 cm³/mol. The van der Waals surface area contributed by atoms with Gasteiger partial charge in [-0.3, -0.25) is 0 Å². The summed E-state index contributed by atoms with van der Waals surface area (Å²) in [6.45, 7) is 0.432. The van der Waals surface area contributed by atoms with Crippen LogP contribution in [0.2, 0.25) is 5.15 Å². The molecule has 2 aromatic carbocycles. The molecule has 0 unspecified atom stereocenters. The fraction of sp³-hybridized carbons (Fsp3) is 0.0625.